The van der Waals surface area contributed by atoms with Crippen LogP contribution in [-0.4, -0.2) is 33.5 Å². The minimum Gasteiger partial charge on any atom is -0.379 e. The van der Waals surface area contributed by atoms with E-state index >= 15 is 0 Å². The van der Waals surface area contributed by atoms with Crippen molar-refractivity contribution in [2.24, 2.45) is 0 Å². The average molecular weight is 171 g/mol. The van der Waals surface area contributed by atoms with E-state index in [2.05, 4.69) is 30.7 Å². The number of rotatable bonds is 2. The Morgan fingerprint density at radius 2 is 2.36 bits per heavy atom. The van der Waals surface area contributed by atoms with Crippen LogP contribution in [0.1, 0.15) is 0 Å². The predicted molar refractivity (Wildman–Crippen MR) is 50.3 cm³/mol. The van der Waals surface area contributed by atoms with E-state index in [1.54, 1.807) is 0 Å². The summed E-state index contributed by atoms with van der Waals surface area (Å²) >= 11 is 0. The molecule has 0 spiro atoms. The molecule has 0 aromatic rings. The summed E-state index contributed by atoms with van der Waals surface area (Å²) in [6.07, 6.45) is 0. The second-order valence-corrected chi connectivity index (χ2v) is 8.28. The highest BCUT2D eigenvalue weighted by molar-refractivity contribution is 6.83. The van der Waals surface area contributed by atoms with Gasteiger partial charge in [0.25, 0.3) is 0 Å². The maximum atomic E-state index is 5.66. The van der Waals surface area contributed by atoms with E-state index in [9.17, 15) is 0 Å². The molecule has 0 radical (unpaired) electrons. The fourth-order valence-electron chi connectivity index (χ4n) is 1.17. The predicted octanol–water partition coefficient (Wildman–Crippen LogP) is 0.948. The number of morpholine rings is 1. The van der Waals surface area contributed by atoms with Crippen LogP contribution in [0.15, 0.2) is 12.3 Å². The maximum absolute atomic E-state index is 5.66. The van der Waals surface area contributed by atoms with Gasteiger partial charge in [0.2, 0.25) is 0 Å². The van der Waals surface area contributed by atoms with Gasteiger partial charge in [0, 0.05) is 13.1 Å². The summed E-state index contributed by atoms with van der Waals surface area (Å²) in [5.41, 5.74) is 2.53. The molecule has 2 nitrogen and oxygen atoms in total. The minimum atomic E-state index is -1.30. The van der Waals surface area contributed by atoms with Gasteiger partial charge in [-0.3, -0.25) is 0 Å². The third kappa shape index (κ3) is 2.15. The molecule has 1 unspecified atom stereocenters. The van der Waals surface area contributed by atoms with Crippen molar-refractivity contribution in [3.8, 4) is 0 Å². The van der Waals surface area contributed by atoms with Crippen LogP contribution in [0.3, 0.4) is 0 Å². The molecule has 1 atom stereocenters. The lowest BCUT2D eigenvalue weighted by atomic mass is 10.5. The molecule has 0 aliphatic carbocycles. The molecule has 1 N–H and O–H groups in total. The van der Waals surface area contributed by atoms with E-state index in [0.717, 1.165) is 19.7 Å². The van der Waals surface area contributed by atoms with Gasteiger partial charge in [0.15, 0.2) is 0 Å². The molecule has 64 valence electrons. The Morgan fingerprint density at radius 1 is 1.64 bits per heavy atom. The lowest BCUT2D eigenvalue weighted by molar-refractivity contribution is 0.0735. The molecule has 1 saturated heterocycles. The van der Waals surface area contributed by atoms with Gasteiger partial charge in [-0.2, -0.15) is 0 Å². The molecule has 1 fully saturated rings. The quantitative estimate of drug-likeness (QED) is 0.625. The van der Waals surface area contributed by atoms with Crippen LogP contribution in [0.4, 0.5) is 0 Å². The van der Waals surface area contributed by atoms with E-state index in [1.807, 2.05) is 0 Å². The summed E-state index contributed by atoms with van der Waals surface area (Å²) in [5, 5.41) is 3.34. The zero-order chi connectivity index (χ0) is 8.32. The van der Waals surface area contributed by atoms with Crippen LogP contribution in [0.2, 0.25) is 13.1 Å². The zero-order valence-electron chi connectivity index (χ0n) is 7.39. The average Bonchev–Trinajstić information content (AvgIpc) is 2.06. The normalized spacial score (nSPS) is 26.5. The molecule has 1 rings (SSSR count). The first kappa shape index (κ1) is 8.97. The highest BCUT2D eigenvalue weighted by Gasteiger charge is 2.30. The topological polar surface area (TPSA) is 21.3 Å². The summed E-state index contributed by atoms with van der Waals surface area (Å²) < 4.78 is 5.66. The molecule has 0 aromatic heterocycles. The van der Waals surface area contributed by atoms with Gasteiger partial charge < -0.3 is 10.1 Å². The van der Waals surface area contributed by atoms with E-state index < -0.39 is 8.07 Å². The number of hydrogen-bond acceptors (Lipinski definition) is 2. The van der Waals surface area contributed by atoms with Gasteiger partial charge in [-0.05, 0) is 0 Å². The van der Waals surface area contributed by atoms with E-state index in [0.29, 0.717) is 5.73 Å². The minimum absolute atomic E-state index is 0.425. The SMILES string of the molecule is C=C[Si](C)(C)C1CNCCO1. The molecule has 1 aliphatic rings. The van der Waals surface area contributed by atoms with Crippen LogP contribution in [-0.2, 0) is 4.74 Å². The molecule has 0 amide bonds. The summed E-state index contributed by atoms with van der Waals surface area (Å²) in [6, 6.07) is 0. The standard InChI is InChI=1S/C8H17NOSi/c1-4-11(2,3)8-7-9-5-6-10-8/h4,8-9H,1,5-7H2,2-3H3. The fraction of sp³-hybridized carbons (Fsp3) is 0.750. The molecule has 0 saturated carbocycles. The van der Waals surface area contributed by atoms with Gasteiger partial charge in [0.05, 0.1) is 12.3 Å². The molecule has 3 heteroatoms. The lowest BCUT2D eigenvalue weighted by Gasteiger charge is -2.33. The Balaban J connectivity index is 2.50. The third-order valence-corrected chi connectivity index (χ3v) is 5.37. The van der Waals surface area contributed by atoms with E-state index in [4.69, 9.17) is 4.74 Å². The Bertz CT molecular complexity index is 141. The molecule has 1 heterocycles. The monoisotopic (exact) mass is 171 g/mol. The van der Waals surface area contributed by atoms with Gasteiger partial charge in [-0.25, -0.2) is 0 Å². The summed E-state index contributed by atoms with van der Waals surface area (Å²) in [4.78, 5) is 0. The number of hydrogen-bond donors (Lipinski definition) is 1. The first-order valence-electron chi connectivity index (χ1n) is 4.13. The molecule has 1 aliphatic heterocycles. The largest absolute Gasteiger partial charge is 0.379 e. The van der Waals surface area contributed by atoms with Crippen molar-refractivity contribution in [2.45, 2.75) is 18.8 Å². The molecular weight excluding hydrogens is 154 g/mol. The first-order chi connectivity index (χ1) is 5.17. The summed E-state index contributed by atoms with van der Waals surface area (Å²) in [6.45, 7) is 11.3. The van der Waals surface area contributed by atoms with Gasteiger partial charge in [0.1, 0.15) is 8.07 Å². The lowest BCUT2D eigenvalue weighted by Crippen LogP contribution is -2.52. The van der Waals surface area contributed by atoms with Gasteiger partial charge in [-0.15, -0.1) is 6.58 Å². The Labute approximate surface area is 69.6 Å². The zero-order valence-corrected chi connectivity index (χ0v) is 8.39. The van der Waals surface area contributed by atoms with Crippen molar-refractivity contribution < 1.29 is 4.74 Å². The van der Waals surface area contributed by atoms with Crippen molar-refractivity contribution in [1.82, 2.24) is 5.32 Å². The molecule has 0 aromatic carbocycles. The van der Waals surface area contributed by atoms with Gasteiger partial charge >= 0.3 is 0 Å². The van der Waals surface area contributed by atoms with Crippen molar-refractivity contribution in [2.75, 3.05) is 19.7 Å². The Morgan fingerprint density at radius 3 is 2.82 bits per heavy atom. The van der Waals surface area contributed by atoms with E-state index in [-0.39, 0.29) is 0 Å². The first-order valence-corrected chi connectivity index (χ1v) is 7.28. The van der Waals surface area contributed by atoms with Crippen LogP contribution in [0.5, 0.6) is 0 Å². The van der Waals surface area contributed by atoms with Gasteiger partial charge in [-0.1, -0.05) is 18.8 Å². The number of nitrogens with one attached hydrogen (secondary N) is 1. The van der Waals surface area contributed by atoms with Crippen molar-refractivity contribution >= 4 is 8.07 Å². The molecule has 11 heavy (non-hydrogen) atoms. The summed E-state index contributed by atoms with van der Waals surface area (Å²) in [5.74, 6) is 0. The van der Waals surface area contributed by atoms with Crippen molar-refractivity contribution in [3.63, 3.8) is 0 Å². The van der Waals surface area contributed by atoms with Crippen molar-refractivity contribution in [3.05, 3.63) is 12.3 Å². The molecule has 0 bridgehead atoms. The van der Waals surface area contributed by atoms with Crippen LogP contribution >= 0.6 is 0 Å². The smallest absolute Gasteiger partial charge is 0.106 e. The van der Waals surface area contributed by atoms with Crippen LogP contribution in [0, 0.1) is 0 Å². The van der Waals surface area contributed by atoms with Crippen molar-refractivity contribution in [1.29, 1.82) is 0 Å². The fourth-order valence-corrected chi connectivity index (χ4v) is 2.66. The number of ether oxygens (including phenoxy) is 1. The Hall–Kier alpha value is -0.123. The maximum Gasteiger partial charge on any atom is 0.106 e. The third-order valence-electron chi connectivity index (χ3n) is 2.28. The Kier molecular flexibility index (Phi) is 2.87. The summed E-state index contributed by atoms with van der Waals surface area (Å²) in [7, 11) is -1.30. The second kappa shape index (κ2) is 3.52. The molecular formula is C8H17NOSi. The highest BCUT2D eigenvalue weighted by Crippen LogP contribution is 2.13. The highest BCUT2D eigenvalue weighted by atomic mass is 28.3. The van der Waals surface area contributed by atoms with Crippen LogP contribution in [0.25, 0.3) is 0 Å². The van der Waals surface area contributed by atoms with E-state index in [1.165, 1.54) is 0 Å². The second-order valence-electron chi connectivity index (χ2n) is 3.59. The van der Waals surface area contributed by atoms with Crippen LogP contribution < -0.4 is 5.32 Å².